The van der Waals surface area contributed by atoms with E-state index in [9.17, 15) is 9.90 Å². The first-order valence-electron chi connectivity index (χ1n) is 8.87. The van der Waals surface area contributed by atoms with E-state index in [-0.39, 0.29) is 12.4 Å². The van der Waals surface area contributed by atoms with Crippen LogP contribution >= 0.6 is 0 Å². The van der Waals surface area contributed by atoms with Gasteiger partial charge in [-0.2, -0.15) is 4.89 Å². The zero-order valence-electron chi connectivity index (χ0n) is 17.5. The van der Waals surface area contributed by atoms with Crippen molar-refractivity contribution in [2.75, 3.05) is 21.3 Å². The second-order valence-electron chi connectivity index (χ2n) is 7.38. The van der Waals surface area contributed by atoms with E-state index >= 15 is 0 Å². The summed E-state index contributed by atoms with van der Waals surface area (Å²) in [5.41, 5.74) is 1.54. The molecule has 0 aliphatic carbocycles. The Hall–Kier alpha value is -2.96. The summed E-state index contributed by atoms with van der Waals surface area (Å²) in [7, 11) is 2.28. The van der Waals surface area contributed by atoms with E-state index in [2.05, 4.69) is 21.3 Å². The molecule has 0 aliphatic rings. The van der Waals surface area contributed by atoms with Gasteiger partial charge in [-0.25, -0.2) is 9.79 Å². The number of benzene rings is 1. The molecule has 8 nitrogen and oxygen atoms in total. The van der Waals surface area contributed by atoms with Gasteiger partial charge in [-0.1, -0.05) is 25.6 Å². The van der Waals surface area contributed by atoms with Gasteiger partial charge in [0.15, 0.2) is 5.88 Å². The van der Waals surface area contributed by atoms with E-state index in [1.807, 2.05) is 25.7 Å². The van der Waals surface area contributed by atoms with Gasteiger partial charge in [-0.15, -0.1) is 5.54 Å². The van der Waals surface area contributed by atoms with Crippen molar-refractivity contribution in [1.29, 1.82) is 0 Å². The molecule has 0 unspecified atom stereocenters. The molecule has 0 saturated carbocycles. The second kappa shape index (κ2) is 9.02. The highest BCUT2D eigenvalue weighted by atomic mass is 28.3. The molecule has 1 N–H and O–H groups in total. The lowest BCUT2D eigenvalue weighted by atomic mass is 10.0. The fourth-order valence-electron chi connectivity index (χ4n) is 2.61. The largest absolute Gasteiger partial charge is 0.497 e. The number of methoxy groups -OCH3 is 2. The van der Waals surface area contributed by atoms with Crippen LogP contribution in [-0.4, -0.2) is 57.0 Å². The Bertz CT molecular complexity index is 967. The number of nitrogens with zero attached hydrogens (tertiary/aromatic N) is 2. The van der Waals surface area contributed by atoms with Crippen molar-refractivity contribution >= 4 is 31.2 Å². The molecule has 29 heavy (non-hydrogen) atoms. The predicted octanol–water partition coefficient (Wildman–Crippen LogP) is 2.75. The minimum absolute atomic E-state index is 0.0372. The summed E-state index contributed by atoms with van der Waals surface area (Å²) in [4.78, 5) is 26.2. The van der Waals surface area contributed by atoms with Gasteiger partial charge in [0.05, 0.1) is 27.9 Å². The SMILES string of the molecule is COOC=N[C@](C#C[Si](C)(C)C)(Cn1cc2ccc(OC)cc2c1O)C(=O)OC. The van der Waals surface area contributed by atoms with Crippen LogP contribution in [0.25, 0.3) is 10.8 Å². The summed E-state index contributed by atoms with van der Waals surface area (Å²) in [6.45, 7) is 6.06. The zero-order valence-corrected chi connectivity index (χ0v) is 18.5. The van der Waals surface area contributed by atoms with Crippen LogP contribution in [0.3, 0.4) is 0 Å². The van der Waals surface area contributed by atoms with Crippen LogP contribution in [0, 0.1) is 11.5 Å². The molecule has 0 radical (unpaired) electrons. The van der Waals surface area contributed by atoms with Gasteiger partial charge in [0, 0.05) is 17.0 Å². The Labute approximate surface area is 171 Å². The lowest BCUT2D eigenvalue weighted by molar-refractivity contribution is -0.188. The minimum atomic E-state index is -1.85. The van der Waals surface area contributed by atoms with Gasteiger partial charge in [0.2, 0.25) is 11.9 Å². The third-order valence-corrected chi connectivity index (χ3v) is 4.92. The monoisotopic (exact) mass is 418 g/mol. The number of fused-ring (bicyclic) bond motifs is 1. The highest BCUT2D eigenvalue weighted by Gasteiger charge is 2.39. The van der Waals surface area contributed by atoms with Crippen molar-refractivity contribution in [3.8, 4) is 23.1 Å². The maximum absolute atomic E-state index is 12.7. The van der Waals surface area contributed by atoms with Gasteiger partial charge in [-0.3, -0.25) is 0 Å². The van der Waals surface area contributed by atoms with E-state index < -0.39 is 19.6 Å². The fourth-order valence-corrected chi connectivity index (χ4v) is 3.20. The summed E-state index contributed by atoms with van der Waals surface area (Å²) < 4.78 is 11.7. The number of aromatic hydroxyl groups is 1. The molecule has 1 heterocycles. The van der Waals surface area contributed by atoms with Gasteiger partial charge in [0.1, 0.15) is 13.8 Å². The van der Waals surface area contributed by atoms with E-state index in [1.54, 1.807) is 25.4 Å². The Morgan fingerprint density at radius 3 is 2.62 bits per heavy atom. The number of hydrogen-bond acceptors (Lipinski definition) is 7. The molecule has 1 aromatic heterocycles. The van der Waals surface area contributed by atoms with Crippen LogP contribution in [0.4, 0.5) is 0 Å². The third-order valence-electron chi connectivity index (χ3n) is 4.05. The van der Waals surface area contributed by atoms with Crippen molar-refractivity contribution in [2.45, 2.75) is 31.7 Å². The lowest BCUT2D eigenvalue weighted by Crippen LogP contribution is -2.41. The first-order valence-corrected chi connectivity index (χ1v) is 12.4. The molecule has 1 atom stereocenters. The standard InChI is InChI=1S/C20H26N2O6Si/c1-25-16-8-7-15-12-22(18(23)17(15)11-16)13-20(19(24)26-2,21-14-28-27-3)9-10-29(4,5)6/h7-8,11-12,14,23H,13H2,1-6H3/t20-/m1/s1. The molecule has 0 saturated heterocycles. The number of hydrogen-bond donors (Lipinski definition) is 1. The summed E-state index contributed by atoms with van der Waals surface area (Å²) in [6.07, 6.45) is 2.71. The number of esters is 1. The normalized spacial score (nSPS) is 13.6. The van der Waals surface area contributed by atoms with Crippen LogP contribution in [-0.2, 0) is 25.9 Å². The number of carbonyl (C=O) groups is 1. The smallest absolute Gasteiger partial charge is 0.348 e. The van der Waals surface area contributed by atoms with Crippen LogP contribution in [0.2, 0.25) is 19.6 Å². The van der Waals surface area contributed by atoms with Crippen molar-refractivity contribution in [3.63, 3.8) is 0 Å². The maximum Gasteiger partial charge on any atom is 0.348 e. The van der Waals surface area contributed by atoms with Crippen molar-refractivity contribution < 1.29 is 29.1 Å². The quantitative estimate of drug-likeness (QED) is 0.141. The van der Waals surface area contributed by atoms with Crippen molar-refractivity contribution in [3.05, 3.63) is 24.4 Å². The lowest BCUT2D eigenvalue weighted by Gasteiger charge is -2.22. The number of aliphatic imine (C=N–C) groups is 1. The molecule has 2 rings (SSSR count). The van der Waals surface area contributed by atoms with Crippen LogP contribution < -0.4 is 4.74 Å². The van der Waals surface area contributed by atoms with E-state index in [4.69, 9.17) is 14.4 Å². The Morgan fingerprint density at radius 2 is 2.03 bits per heavy atom. The van der Waals surface area contributed by atoms with Crippen LogP contribution in [0.5, 0.6) is 11.6 Å². The topological polar surface area (TPSA) is 91.5 Å². The number of ether oxygens (including phenoxy) is 2. The molecule has 0 bridgehead atoms. The predicted molar refractivity (Wildman–Crippen MR) is 113 cm³/mol. The summed E-state index contributed by atoms with van der Waals surface area (Å²) in [6, 6.07) is 5.32. The Morgan fingerprint density at radius 1 is 1.31 bits per heavy atom. The number of carbonyl (C=O) groups excluding carboxylic acids is 1. The molecule has 0 spiro atoms. The maximum atomic E-state index is 12.7. The summed E-state index contributed by atoms with van der Waals surface area (Å²) in [5, 5.41) is 12.1. The first-order chi connectivity index (χ1) is 13.7. The molecular weight excluding hydrogens is 392 g/mol. The van der Waals surface area contributed by atoms with Gasteiger partial charge < -0.3 is 24.0 Å². The molecule has 2 aromatic rings. The van der Waals surface area contributed by atoms with Crippen LogP contribution in [0.1, 0.15) is 0 Å². The Kier molecular flexibility index (Phi) is 6.95. The van der Waals surface area contributed by atoms with Gasteiger partial charge in [0.25, 0.3) is 0 Å². The molecule has 156 valence electrons. The van der Waals surface area contributed by atoms with E-state index in [0.29, 0.717) is 11.1 Å². The summed E-state index contributed by atoms with van der Waals surface area (Å²) >= 11 is 0. The Balaban J connectivity index is 2.61. The second-order valence-corrected chi connectivity index (χ2v) is 12.1. The molecule has 0 aliphatic heterocycles. The zero-order chi connectivity index (χ0) is 21.7. The minimum Gasteiger partial charge on any atom is -0.497 e. The number of aromatic nitrogens is 1. The highest BCUT2D eigenvalue weighted by Crippen LogP contribution is 2.32. The average Bonchev–Trinajstić information content (AvgIpc) is 2.99. The van der Waals surface area contributed by atoms with Crippen molar-refractivity contribution in [1.82, 2.24) is 4.57 Å². The van der Waals surface area contributed by atoms with Crippen LogP contribution in [0.15, 0.2) is 29.4 Å². The van der Waals surface area contributed by atoms with E-state index in [1.165, 1.54) is 18.8 Å². The summed E-state index contributed by atoms with van der Waals surface area (Å²) in [5.74, 6) is 2.87. The van der Waals surface area contributed by atoms with Gasteiger partial charge in [-0.05, 0) is 18.2 Å². The molecule has 1 aromatic carbocycles. The average molecular weight is 419 g/mol. The van der Waals surface area contributed by atoms with Crippen molar-refractivity contribution in [2.24, 2.45) is 4.99 Å². The molecule has 9 heteroatoms. The molecular formula is C20H26N2O6Si. The number of rotatable bonds is 7. The highest BCUT2D eigenvalue weighted by molar-refractivity contribution is 6.83. The van der Waals surface area contributed by atoms with Gasteiger partial charge >= 0.3 is 5.97 Å². The molecule has 0 amide bonds. The third kappa shape index (κ3) is 5.31. The molecule has 0 fully saturated rings. The fraction of sp³-hybridized carbons (Fsp3) is 0.400. The first kappa shape index (κ1) is 22.3. The van der Waals surface area contributed by atoms with E-state index in [0.717, 1.165) is 11.8 Å².